The number of carbonyl (C=O) groups excluding carboxylic acids is 1. The molecule has 1 amide bonds. The summed E-state index contributed by atoms with van der Waals surface area (Å²) in [5.74, 6) is -0.636. The van der Waals surface area contributed by atoms with Crippen LogP contribution in [0.4, 0.5) is 5.69 Å². The second kappa shape index (κ2) is 6.86. The molecule has 1 saturated heterocycles. The highest BCUT2D eigenvalue weighted by molar-refractivity contribution is 7.89. The van der Waals surface area contributed by atoms with E-state index in [2.05, 4.69) is 10.0 Å². The Morgan fingerprint density at radius 3 is 2.70 bits per heavy atom. The number of ether oxygens (including phenoxy) is 1. The molecule has 1 aliphatic rings. The van der Waals surface area contributed by atoms with E-state index in [0.717, 1.165) is 0 Å². The second-order valence-electron chi connectivity index (χ2n) is 5.85. The Hall–Kier alpha value is -1.64. The quantitative estimate of drug-likeness (QED) is 0.700. The normalized spacial score (nSPS) is 21.6. The predicted octanol–water partition coefficient (Wildman–Crippen LogP) is 1.30. The number of rotatable bonds is 5. The molecular formula is C15H22N2O5S. The monoisotopic (exact) mass is 342 g/mol. The molecule has 2 rings (SSSR count). The van der Waals surface area contributed by atoms with Crippen molar-refractivity contribution < 1.29 is 23.1 Å². The lowest BCUT2D eigenvalue weighted by molar-refractivity contribution is -0.122. The third-order valence-electron chi connectivity index (χ3n) is 3.92. The number of phenolic OH excluding ortho intramolecular Hbond substituents is 1. The predicted molar refractivity (Wildman–Crippen MR) is 85.7 cm³/mol. The van der Waals surface area contributed by atoms with E-state index in [4.69, 9.17) is 4.74 Å². The van der Waals surface area contributed by atoms with Gasteiger partial charge < -0.3 is 15.2 Å². The molecule has 3 N–H and O–H groups in total. The summed E-state index contributed by atoms with van der Waals surface area (Å²) in [6.07, 6.45) is 0.488. The van der Waals surface area contributed by atoms with Crippen molar-refractivity contribution in [2.24, 2.45) is 11.8 Å². The lowest BCUT2D eigenvalue weighted by Gasteiger charge is -2.21. The van der Waals surface area contributed by atoms with Gasteiger partial charge >= 0.3 is 0 Å². The van der Waals surface area contributed by atoms with E-state index in [-0.39, 0.29) is 34.5 Å². The maximum Gasteiger partial charge on any atom is 0.244 e. The first-order valence-electron chi connectivity index (χ1n) is 7.45. The van der Waals surface area contributed by atoms with Crippen LogP contribution in [0.5, 0.6) is 5.75 Å². The molecule has 2 atom stereocenters. The summed E-state index contributed by atoms with van der Waals surface area (Å²) in [6, 6.07) is 3.94. The maximum atomic E-state index is 12.4. The van der Waals surface area contributed by atoms with Gasteiger partial charge in [0.1, 0.15) is 10.6 Å². The minimum absolute atomic E-state index is 0.146. The van der Waals surface area contributed by atoms with Gasteiger partial charge in [0.2, 0.25) is 15.9 Å². The Kier molecular flexibility index (Phi) is 5.28. The van der Waals surface area contributed by atoms with Crippen LogP contribution in [0.3, 0.4) is 0 Å². The van der Waals surface area contributed by atoms with E-state index in [1.54, 1.807) is 0 Å². The number of phenols is 1. The summed E-state index contributed by atoms with van der Waals surface area (Å²) in [7, 11) is -2.55. The zero-order chi connectivity index (χ0) is 17.2. The molecule has 0 aliphatic carbocycles. The van der Waals surface area contributed by atoms with Crippen molar-refractivity contribution in [1.29, 1.82) is 0 Å². The van der Waals surface area contributed by atoms with Crippen molar-refractivity contribution >= 4 is 21.6 Å². The van der Waals surface area contributed by atoms with Crippen LogP contribution in [0.2, 0.25) is 0 Å². The average molecular weight is 342 g/mol. The van der Waals surface area contributed by atoms with Crippen molar-refractivity contribution in [3.63, 3.8) is 0 Å². The molecule has 7 nitrogen and oxygen atoms in total. The highest BCUT2D eigenvalue weighted by atomic mass is 32.2. The van der Waals surface area contributed by atoms with E-state index >= 15 is 0 Å². The summed E-state index contributed by atoms with van der Waals surface area (Å²) in [6.45, 7) is 4.53. The van der Waals surface area contributed by atoms with Gasteiger partial charge in [0, 0.05) is 12.3 Å². The highest BCUT2D eigenvalue weighted by Gasteiger charge is 2.36. The van der Waals surface area contributed by atoms with Crippen LogP contribution in [0, 0.1) is 11.8 Å². The number of benzene rings is 1. The van der Waals surface area contributed by atoms with Gasteiger partial charge in [-0.25, -0.2) is 13.1 Å². The molecule has 0 radical (unpaired) electrons. The second-order valence-corrected chi connectivity index (χ2v) is 7.71. The fraction of sp³-hybridized carbons (Fsp3) is 0.533. The van der Waals surface area contributed by atoms with Crippen molar-refractivity contribution in [3.8, 4) is 5.75 Å². The van der Waals surface area contributed by atoms with Crippen LogP contribution < -0.4 is 10.0 Å². The largest absolute Gasteiger partial charge is 0.507 e. The van der Waals surface area contributed by atoms with Crippen molar-refractivity contribution in [3.05, 3.63) is 18.2 Å². The first-order valence-corrected chi connectivity index (χ1v) is 8.93. The van der Waals surface area contributed by atoms with Gasteiger partial charge in [0.15, 0.2) is 0 Å². The minimum Gasteiger partial charge on any atom is -0.507 e. The van der Waals surface area contributed by atoms with Gasteiger partial charge in [-0.3, -0.25) is 4.79 Å². The molecule has 1 fully saturated rings. The Labute approximate surface area is 136 Å². The van der Waals surface area contributed by atoms with Crippen LogP contribution >= 0.6 is 0 Å². The molecule has 1 aromatic carbocycles. The third kappa shape index (κ3) is 3.82. The molecule has 0 aromatic heterocycles. The summed E-state index contributed by atoms with van der Waals surface area (Å²) in [5.41, 5.74) is 0.316. The Morgan fingerprint density at radius 2 is 2.09 bits per heavy atom. The van der Waals surface area contributed by atoms with E-state index < -0.39 is 10.0 Å². The number of hydrogen-bond donors (Lipinski definition) is 3. The summed E-state index contributed by atoms with van der Waals surface area (Å²) < 4.78 is 31.4. The van der Waals surface area contributed by atoms with Gasteiger partial charge in [-0.15, -0.1) is 0 Å². The molecular weight excluding hydrogens is 320 g/mol. The number of hydrogen-bond acceptors (Lipinski definition) is 5. The molecule has 0 bridgehead atoms. The summed E-state index contributed by atoms with van der Waals surface area (Å²) in [4.78, 5) is 12.1. The molecule has 0 unspecified atom stereocenters. The number of sulfonamides is 1. The van der Waals surface area contributed by atoms with Crippen LogP contribution in [0.15, 0.2) is 23.1 Å². The lowest BCUT2D eigenvalue weighted by Crippen LogP contribution is -2.32. The average Bonchev–Trinajstić information content (AvgIpc) is 2.99. The Bertz CT molecular complexity index is 687. The minimum atomic E-state index is -3.81. The van der Waals surface area contributed by atoms with E-state index in [9.17, 15) is 18.3 Å². The van der Waals surface area contributed by atoms with E-state index in [1.807, 2.05) is 13.8 Å². The Morgan fingerprint density at radius 1 is 1.39 bits per heavy atom. The van der Waals surface area contributed by atoms with Crippen molar-refractivity contribution in [2.45, 2.75) is 31.3 Å². The van der Waals surface area contributed by atoms with Gasteiger partial charge in [-0.2, -0.15) is 0 Å². The number of aromatic hydroxyl groups is 1. The number of amides is 1. The zero-order valence-electron chi connectivity index (χ0n) is 13.4. The first-order chi connectivity index (χ1) is 10.8. The standard InChI is InChI=1S/C15H22N2O5S/c1-9(2)14-11(6-7-22-14)15(19)17-10-4-5-12(18)13(8-10)23(20,21)16-3/h4-5,8-9,11,14,16,18H,6-7H2,1-3H3,(H,17,19)/t11-,14-/m0/s1. The topological polar surface area (TPSA) is 105 Å². The van der Waals surface area contributed by atoms with Crippen molar-refractivity contribution in [1.82, 2.24) is 4.72 Å². The number of anilines is 1. The fourth-order valence-corrected chi connectivity index (χ4v) is 3.55. The SMILES string of the molecule is CNS(=O)(=O)c1cc(NC(=O)[C@H]2CCO[C@H]2C(C)C)ccc1O. The van der Waals surface area contributed by atoms with E-state index in [0.29, 0.717) is 18.7 Å². The fourth-order valence-electron chi connectivity index (χ4n) is 2.70. The molecule has 1 aromatic rings. The van der Waals surface area contributed by atoms with Crippen LogP contribution in [0.25, 0.3) is 0 Å². The van der Waals surface area contributed by atoms with Gasteiger partial charge in [-0.1, -0.05) is 13.8 Å². The molecule has 1 heterocycles. The Balaban J connectivity index is 2.21. The maximum absolute atomic E-state index is 12.4. The molecule has 128 valence electrons. The zero-order valence-corrected chi connectivity index (χ0v) is 14.2. The molecule has 0 saturated carbocycles. The molecule has 0 spiro atoms. The summed E-state index contributed by atoms with van der Waals surface area (Å²) >= 11 is 0. The summed E-state index contributed by atoms with van der Waals surface area (Å²) in [5, 5.41) is 12.4. The smallest absolute Gasteiger partial charge is 0.244 e. The van der Waals surface area contributed by atoms with Gasteiger partial charge in [0.05, 0.1) is 12.0 Å². The van der Waals surface area contributed by atoms with Crippen LogP contribution in [-0.4, -0.2) is 39.2 Å². The molecule has 1 aliphatic heterocycles. The van der Waals surface area contributed by atoms with Gasteiger partial charge in [-0.05, 0) is 37.6 Å². The molecule has 8 heteroatoms. The van der Waals surface area contributed by atoms with Crippen LogP contribution in [0.1, 0.15) is 20.3 Å². The third-order valence-corrected chi connectivity index (χ3v) is 5.36. The van der Waals surface area contributed by atoms with Gasteiger partial charge in [0.25, 0.3) is 0 Å². The highest BCUT2D eigenvalue weighted by Crippen LogP contribution is 2.30. The number of nitrogens with one attached hydrogen (secondary N) is 2. The number of carbonyl (C=O) groups is 1. The van der Waals surface area contributed by atoms with Crippen molar-refractivity contribution in [2.75, 3.05) is 19.0 Å². The first kappa shape index (κ1) is 17.7. The van der Waals surface area contributed by atoms with Crippen LogP contribution in [-0.2, 0) is 19.6 Å². The van der Waals surface area contributed by atoms with E-state index in [1.165, 1.54) is 25.2 Å². The molecule has 23 heavy (non-hydrogen) atoms. The lowest BCUT2D eigenvalue weighted by atomic mass is 9.92.